The van der Waals surface area contributed by atoms with Gasteiger partial charge in [0.05, 0.1) is 0 Å². The van der Waals surface area contributed by atoms with E-state index in [9.17, 15) is 14.7 Å². The normalized spacial score (nSPS) is 11.3. The molecule has 0 heterocycles. The molecule has 0 aliphatic heterocycles. The van der Waals surface area contributed by atoms with Gasteiger partial charge in [-0.05, 0) is 24.6 Å². The van der Waals surface area contributed by atoms with Crippen LogP contribution >= 0.6 is 0 Å². The van der Waals surface area contributed by atoms with E-state index in [4.69, 9.17) is 4.74 Å². The van der Waals surface area contributed by atoms with Gasteiger partial charge in [-0.1, -0.05) is 42.5 Å². The van der Waals surface area contributed by atoms with Crippen LogP contribution in [0.2, 0.25) is 0 Å². The standard InChI is InChI=1S/C16H15NO5/c1-11(12-7-3-2-4-8-12)21-16(20)17-22-15(19)13-9-5-6-10-14(13)18/h2-11,18H,1H3,(H,17,20)/t11-/m1/s1. The molecule has 1 atom stereocenters. The summed E-state index contributed by atoms with van der Waals surface area (Å²) in [5, 5.41) is 9.50. The highest BCUT2D eigenvalue weighted by Crippen LogP contribution is 2.17. The lowest BCUT2D eigenvalue weighted by Crippen LogP contribution is -2.28. The number of hydroxylamine groups is 1. The van der Waals surface area contributed by atoms with Gasteiger partial charge in [-0.2, -0.15) is 0 Å². The number of carbonyl (C=O) groups is 2. The van der Waals surface area contributed by atoms with Gasteiger partial charge in [0.2, 0.25) is 0 Å². The molecule has 0 aromatic heterocycles. The van der Waals surface area contributed by atoms with Crippen LogP contribution in [0.15, 0.2) is 54.6 Å². The number of rotatable bonds is 3. The minimum absolute atomic E-state index is 0.0566. The van der Waals surface area contributed by atoms with E-state index in [1.54, 1.807) is 19.1 Å². The van der Waals surface area contributed by atoms with Crippen LogP contribution in [0.3, 0.4) is 0 Å². The Kier molecular flexibility index (Phi) is 4.98. The number of amides is 1. The van der Waals surface area contributed by atoms with Crippen molar-refractivity contribution in [2.24, 2.45) is 0 Å². The Hall–Kier alpha value is -3.02. The molecule has 6 nitrogen and oxygen atoms in total. The maximum absolute atomic E-state index is 11.7. The number of phenols is 1. The van der Waals surface area contributed by atoms with Crippen LogP contribution in [-0.2, 0) is 9.57 Å². The van der Waals surface area contributed by atoms with Crippen molar-refractivity contribution in [3.63, 3.8) is 0 Å². The Bertz CT molecular complexity index is 657. The maximum Gasteiger partial charge on any atom is 0.441 e. The van der Waals surface area contributed by atoms with Crippen LogP contribution < -0.4 is 5.48 Å². The Balaban J connectivity index is 1.85. The first-order valence-electron chi connectivity index (χ1n) is 6.58. The van der Waals surface area contributed by atoms with Crippen LogP contribution in [0.25, 0.3) is 0 Å². The number of phenolic OH excluding ortho intramolecular Hbond substituents is 1. The zero-order valence-electron chi connectivity index (χ0n) is 11.9. The second-order valence-electron chi connectivity index (χ2n) is 4.47. The Morgan fingerprint density at radius 1 is 1.05 bits per heavy atom. The van der Waals surface area contributed by atoms with E-state index >= 15 is 0 Å². The fourth-order valence-corrected chi connectivity index (χ4v) is 1.77. The summed E-state index contributed by atoms with van der Waals surface area (Å²) in [6.45, 7) is 1.69. The third-order valence-electron chi connectivity index (χ3n) is 2.90. The van der Waals surface area contributed by atoms with E-state index in [1.807, 2.05) is 35.8 Å². The van der Waals surface area contributed by atoms with Crippen molar-refractivity contribution >= 4 is 12.1 Å². The number of carbonyl (C=O) groups excluding carboxylic acids is 2. The van der Waals surface area contributed by atoms with Crippen molar-refractivity contribution in [1.29, 1.82) is 0 Å². The van der Waals surface area contributed by atoms with Crippen LogP contribution in [0, 0.1) is 0 Å². The van der Waals surface area contributed by atoms with Crippen molar-refractivity contribution in [3.05, 3.63) is 65.7 Å². The highest BCUT2D eigenvalue weighted by Gasteiger charge is 2.16. The molecular formula is C16H15NO5. The number of hydrogen-bond donors (Lipinski definition) is 2. The lowest BCUT2D eigenvalue weighted by atomic mass is 10.1. The van der Waals surface area contributed by atoms with Gasteiger partial charge in [-0.3, -0.25) is 0 Å². The monoisotopic (exact) mass is 301 g/mol. The SMILES string of the molecule is C[C@@H](OC(=O)NOC(=O)c1ccccc1O)c1ccccc1. The van der Waals surface area contributed by atoms with Crippen molar-refractivity contribution in [2.75, 3.05) is 0 Å². The summed E-state index contributed by atoms with van der Waals surface area (Å²) in [7, 11) is 0. The molecule has 0 saturated heterocycles. The Morgan fingerprint density at radius 3 is 2.36 bits per heavy atom. The summed E-state index contributed by atoms with van der Waals surface area (Å²) in [6.07, 6.45) is -1.40. The fraction of sp³-hybridized carbons (Fsp3) is 0.125. The molecule has 0 fully saturated rings. The van der Waals surface area contributed by atoms with E-state index in [1.165, 1.54) is 12.1 Å². The summed E-state index contributed by atoms with van der Waals surface area (Å²) in [5.74, 6) is -1.12. The summed E-state index contributed by atoms with van der Waals surface area (Å²) < 4.78 is 5.06. The third-order valence-corrected chi connectivity index (χ3v) is 2.90. The van der Waals surface area contributed by atoms with Crippen LogP contribution in [0.5, 0.6) is 5.75 Å². The molecule has 0 aliphatic carbocycles. The number of para-hydroxylation sites is 1. The zero-order chi connectivity index (χ0) is 15.9. The smallest absolute Gasteiger partial charge is 0.441 e. The first-order valence-corrected chi connectivity index (χ1v) is 6.58. The largest absolute Gasteiger partial charge is 0.507 e. The molecule has 0 spiro atoms. The molecule has 2 N–H and O–H groups in total. The fourth-order valence-electron chi connectivity index (χ4n) is 1.77. The molecule has 0 saturated carbocycles. The highest BCUT2D eigenvalue weighted by molar-refractivity contribution is 5.92. The average Bonchev–Trinajstić information content (AvgIpc) is 2.54. The van der Waals surface area contributed by atoms with Crippen LogP contribution in [0.1, 0.15) is 28.9 Å². The molecule has 0 unspecified atom stereocenters. The van der Waals surface area contributed by atoms with Gasteiger partial charge >= 0.3 is 12.1 Å². The van der Waals surface area contributed by atoms with Gasteiger partial charge < -0.3 is 14.7 Å². The van der Waals surface area contributed by atoms with E-state index < -0.39 is 18.2 Å². The molecule has 0 radical (unpaired) electrons. The first-order chi connectivity index (χ1) is 10.6. The Labute approximate surface area is 127 Å². The number of nitrogens with one attached hydrogen (secondary N) is 1. The third kappa shape index (κ3) is 3.99. The summed E-state index contributed by atoms with van der Waals surface area (Å²) in [6, 6.07) is 15.0. The minimum atomic E-state index is -0.903. The topological polar surface area (TPSA) is 84.9 Å². The van der Waals surface area contributed by atoms with Gasteiger partial charge in [-0.25, -0.2) is 9.59 Å². The van der Waals surface area contributed by atoms with Gasteiger partial charge in [0.1, 0.15) is 17.4 Å². The predicted molar refractivity (Wildman–Crippen MR) is 78.0 cm³/mol. The Morgan fingerprint density at radius 2 is 1.68 bits per heavy atom. The molecule has 2 rings (SSSR count). The number of aromatic hydroxyl groups is 1. The predicted octanol–water partition coefficient (Wildman–Crippen LogP) is 2.95. The van der Waals surface area contributed by atoms with Gasteiger partial charge in [-0.15, -0.1) is 5.48 Å². The summed E-state index contributed by atoms with van der Waals surface area (Å²) >= 11 is 0. The number of ether oxygens (including phenoxy) is 1. The van der Waals surface area contributed by atoms with Crippen molar-refractivity contribution < 1.29 is 24.3 Å². The lowest BCUT2D eigenvalue weighted by Gasteiger charge is -2.13. The zero-order valence-corrected chi connectivity index (χ0v) is 11.9. The van der Waals surface area contributed by atoms with E-state index in [2.05, 4.69) is 4.84 Å². The molecule has 0 aliphatic rings. The molecule has 1 amide bonds. The van der Waals surface area contributed by atoms with Gasteiger partial charge in [0.15, 0.2) is 0 Å². The molecule has 22 heavy (non-hydrogen) atoms. The minimum Gasteiger partial charge on any atom is -0.507 e. The quantitative estimate of drug-likeness (QED) is 0.851. The molecule has 114 valence electrons. The van der Waals surface area contributed by atoms with Crippen LogP contribution in [0.4, 0.5) is 4.79 Å². The van der Waals surface area contributed by atoms with Crippen molar-refractivity contribution in [3.8, 4) is 5.75 Å². The van der Waals surface area contributed by atoms with Crippen molar-refractivity contribution in [1.82, 2.24) is 5.48 Å². The second kappa shape index (κ2) is 7.12. The second-order valence-corrected chi connectivity index (χ2v) is 4.47. The van der Waals surface area contributed by atoms with Crippen LogP contribution in [-0.4, -0.2) is 17.2 Å². The molecule has 2 aromatic carbocycles. The first kappa shape index (κ1) is 15.4. The van der Waals surface area contributed by atoms with E-state index in [0.717, 1.165) is 5.56 Å². The molecule has 0 bridgehead atoms. The van der Waals surface area contributed by atoms with Crippen molar-refractivity contribution in [2.45, 2.75) is 13.0 Å². The lowest BCUT2D eigenvalue weighted by molar-refractivity contribution is 0.0139. The van der Waals surface area contributed by atoms with Gasteiger partial charge in [0.25, 0.3) is 0 Å². The molecular weight excluding hydrogens is 286 g/mol. The molecule has 6 heteroatoms. The number of benzene rings is 2. The highest BCUT2D eigenvalue weighted by atomic mass is 16.7. The van der Waals surface area contributed by atoms with E-state index in [0.29, 0.717) is 0 Å². The summed E-state index contributed by atoms with van der Waals surface area (Å²) in [4.78, 5) is 27.8. The number of hydrogen-bond acceptors (Lipinski definition) is 5. The van der Waals surface area contributed by atoms with Gasteiger partial charge in [0, 0.05) is 0 Å². The maximum atomic E-state index is 11.7. The van der Waals surface area contributed by atoms with E-state index in [-0.39, 0.29) is 11.3 Å². The molecule has 2 aromatic rings. The average molecular weight is 301 g/mol. The summed E-state index contributed by atoms with van der Waals surface area (Å²) in [5.41, 5.74) is 2.64.